The Labute approximate surface area is 179 Å². The van der Waals surface area contributed by atoms with Gasteiger partial charge in [0.1, 0.15) is 24.4 Å². The first kappa shape index (κ1) is 19.8. The fraction of sp³-hybridized carbons (Fsp3) is 0.364. The van der Waals surface area contributed by atoms with Crippen molar-refractivity contribution in [3.8, 4) is 0 Å². The van der Waals surface area contributed by atoms with Crippen molar-refractivity contribution < 1.29 is 9.28 Å². The number of H-pyrrole nitrogens is 1. The smallest absolute Gasteiger partial charge is 0.179 e. The Morgan fingerprint density at radius 2 is 2.06 bits per heavy atom. The van der Waals surface area contributed by atoms with Crippen LogP contribution in [0, 0.1) is 0 Å². The molecule has 2 aromatic rings. The molecule has 1 aliphatic carbocycles. The molecule has 8 nitrogen and oxygen atoms in total. The molecule has 0 fully saturated rings. The van der Waals surface area contributed by atoms with Crippen LogP contribution in [-0.2, 0) is 11.3 Å². The van der Waals surface area contributed by atoms with E-state index in [1.54, 1.807) is 0 Å². The van der Waals surface area contributed by atoms with Gasteiger partial charge in [-0.15, -0.1) is 5.23 Å². The Bertz CT molecular complexity index is 1090. The number of hydrogen-bond acceptors (Lipinski definition) is 7. The van der Waals surface area contributed by atoms with Crippen LogP contribution in [0.3, 0.4) is 0 Å². The monoisotopic (exact) mass is 421 g/mol. The van der Waals surface area contributed by atoms with Crippen LogP contribution in [0.5, 0.6) is 0 Å². The van der Waals surface area contributed by atoms with E-state index in [0.717, 1.165) is 17.7 Å². The summed E-state index contributed by atoms with van der Waals surface area (Å²) < 4.78 is 14.6. The number of hydrazine groups is 1. The molecule has 0 saturated heterocycles. The summed E-state index contributed by atoms with van der Waals surface area (Å²) >= 11 is 0. The Kier molecular flexibility index (Phi) is 4.99. The standard InChI is InChI=1S/C22H24FN7O/c1-29(2)11-13-3-5-14(6-4-13)17-7-15-9-27-30(23)18-8-16(31)10-24-21(19(15)18)20(17)22-25-12-26-28-22/h3-6,8,12,17,20,27H,7,9-11H2,1-2H3,(H,25,26,28). The average molecular weight is 421 g/mol. The zero-order chi connectivity index (χ0) is 21.5. The van der Waals surface area contributed by atoms with E-state index in [4.69, 9.17) is 0 Å². The predicted molar refractivity (Wildman–Crippen MR) is 114 cm³/mol. The van der Waals surface area contributed by atoms with Crippen molar-refractivity contribution in [3.63, 3.8) is 0 Å². The molecule has 0 saturated carbocycles. The summed E-state index contributed by atoms with van der Waals surface area (Å²) in [6.45, 7) is 1.22. The first-order chi connectivity index (χ1) is 15.0. The average Bonchev–Trinajstić information content (AvgIpc) is 3.21. The van der Waals surface area contributed by atoms with Gasteiger partial charge in [-0.2, -0.15) is 5.10 Å². The lowest BCUT2D eigenvalue weighted by Gasteiger charge is -2.39. The molecule has 1 aromatic heterocycles. The molecular weight excluding hydrogens is 397 g/mol. The number of carbonyl (C=O) groups is 1. The zero-order valence-electron chi connectivity index (χ0n) is 17.5. The van der Waals surface area contributed by atoms with Crippen molar-refractivity contribution in [2.24, 2.45) is 4.99 Å². The van der Waals surface area contributed by atoms with Crippen LogP contribution >= 0.6 is 0 Å². The van der Waals surface area contributed by atoms with Crippen LogP contribution in [0.25, 0.3) is 0 Å². The van der Waals surface area contributed by atoms with Crippen LogP contribution in [-0.4, -0.2) is 64.0 Å². The fourth-order valence-electron chi connectivity index (χ4n) is 4.73. The molecule has 2 unspecified atom stereocenters. The van der Waals surface area contributed by atoms with E-state index in [0.29, 0.717) is 35.3 Å². The number of nitrogens with one attached hydrogen (secondary N) is 2. The summed E-state index contributed by atoms with van der Waals surface area (Å²) in [5.41, 5.74) is 7.80. The SMILES string of the molecule is CN(C)Cc1ccc(C2CC3=C4C(=CC(=O)CN=C4C2c2ncn[nH]2)N(F)NC3)cc1. The van der Waals surface area contributed by atoms with Gasteiger partial charge in [0.05, 0.1) is 11.6 Å². The van der Waals surface area contributed by atoms with Crippen molar-refractivity contribution >= 4 is 11.5 Å². The molecule has 0 bridgehead atoms. The van der Waals surface area contributed by atoms with Crippen LogP contribution in [0.2, 0.25) is 0 Å². The molecule has 5 rings (SSSR count). The minimum absolute atomic E-state index is 0.0113. The van der Waals surface area contributed by atoms with Crippen molar-refractivity contribution in [2.75, 3.05) is 27.2 Å². The molecule has 0 radical (unpaired) electrons. The molecule has 9 heteroatoms. The Hall–Kier alpha value is -3.17. The number of hydrogen-bond donors (Lipinski definition) is 2. The van der Waals surface area contributed by atoms with E-state index in [1.165, 1.54) is 18.0 Å². The van der Waals surface area contributed by atoms with Crippen molar-refractivity contribution in [2.45, 2.75) is 24.8 Å². The summed E-state index contributed by atoms with van der Waals surface area (Å²) in [5, 5.41) is 7.47. The second kappa shape index (κ2) is 7.82. The number of halogens is 1. The summed E-state index contributed by atoms with van der Waals surface area (Å²) in [7, 11) is 4.09. The maximum absolute atomic E-state index is 14.6. The number of aromatic amines is 1. The fourth-order valence-corrected chi connectivity index (χ4v) is 4.73. The molecule has 3 heterocycles. The molecule has 3 aliphatic rings. The lowest BCUT2D eigenvalue weighted by Crippen LogP contribution is -2.43. The van der Waals surface area contributed by atoms with E-state index in [9.17, 15) is 9.28 Å². The van der Waals surface area contributed by atoms with Crippen molar-refractivity contribution in [3.05, 3.63) is 70.5 Å². The highest BCUT2D eigenvalue weighted by molar-refractivity contribution is 6.13. The first-order valence-corrected chi connectivity index (χ1v) is 10.3. The number of aliphatic imine (C=N–C) groups is 1. The number of benzene rings is 1. The molecule has 2 atom stereocenters. The lowest BCUT2D eigenvalue weighted by atomic mass is 9.70. The van der Waals surface area contributed by atoms with Crippen molar-refractivity contribution in [1.82, 2.24) is 30.7 Å². The topological polar surface area (TPSA) is 89.5 Å². The highest BCUT2D eigenvalue weighted by Crippen LogP contribution is 2.47. The molecule has 0 spiro atoms. The summed E-state index contributed by atoms with van der Waals surface area (Å²) in [6.07, 6.45) is 3.52. The van der Waals surface area contributed by atoms with Gasteiger partial charge < -0.3 is 4.90 Å². The van der Waals surface area contributed by atoms with Gasteiger partial charge in [-0.05, 0) is 37.2 Å². The Morgan fingerprint density at radius 1 is 1.26 bits per heavy atom. The molecule has 160 valence electrons. The second-order valence-corrected chi connectivity index (χ2v) is 8.43. The largest absolute Gasteiger partial charge is 0.305 e. The minimum Gasteiger partial charge on any atom is -0.305 e. The van der Waals surface area contributed by atoms with Gasteiger partial charge in [0.15, 0.2) is 5.78 Å². The molecular formula is C22H24FN7O. The highest BCUT2D eigenvalue weighted by Gasteiger charge is 2.43. The number of carbonyl (C=O) groups excluding carboxylic acids is 1. The van der Waals surface area contributed by atoms with E-state index in [2.05, 4.69) is 54.8 Å². The van der Waals surface area contributed by atoms with Gasteiger partial charge in [-0.3, -0.25) is 14.9 Å². The van der Waals surface area contributed by atoms with Gasteiger partial charge in [0.25, 0.3) is 0 Å². The minimum atomic E-state index is -0.248. The number of allylic oxidation sites excluding steroid dienone is 1. The lowest BCUT2D eigenvalue weighted by molar-refractivity contribution is -0.113. The van der Waals surface area contributed by atoms with Gasteiger partial charge in [0, 0.05) is 30.7 Å². The highest BCUT2D eigenvalue weighted by atomic mass is 19.2. The normalized spacial score (nSPS) is 23.5. The molecule has 2 aliphatic heterocycles. The Morgan fingerprint density at radius 3 is 2.77 bits per heavy atom. The van der Waals surface area contributed by atoms with E-state index >= 15 is 0 Å². The number of ketones is 1. The summed E-state index contributed by atoms with van der Waals surface area (Å²) in [5.74, 6) is 0.240. The van der Waals surface area contributed by atoms with Crippen LogP contribution < -0.4 is 5.43 Å². The van der Waals surface area contributed by atoms with Gasteiger partial charge in [-0.1, -0.05) is 28.7 Å². The molecule has 2 N–H and O–H groups in total. The number of rotatable bonds is 4. The molecule has 31 heavy (non-hydrogen) atoms. The quantitative estimate of drug-likeness (QED) is 0.735. The van der Waals surface area contributed by atoms with E-state index in [1.807, 2.05) is 14.1 Å². The third-order valence-corrected chi connectivity index (χ3v) is 6.01. The first-order valence-electron chi connectivity index (χ1n) is 10.3. The van der Waals surface area contributed by atoms with Crippen molar-refractivity contribution in [1.29, 1.82) is 0 Å². The second-order valence-electron chi connectivity index (χ2n) is 8.43. The zero-order valence-corrected chi connectivity index (χ0v) is 17.5. The number of aromatic nitrogens is 3. The van der Waals surface area contributed by atoms with Crippen LogP contribution in [0.15, 0.2) is 58.5 Å². The summed E-state index contributed by atoms with van der Waals surface area (Å²) in [4.78, 5) is 23.5. The van der Waals surface area contributed by atoms with Crippen LogP contribution in [0.4, 0.5) is 4.48 Å². The van der Waals surface area contributed by atoms with Crippen LogP contribution in [0.1, 0.15) is 35.2 Å². The predicted octanol–water partition coefficient (Wildman–Crippen LogP) is 2.05. The van der Waals surface area contributed by atoms with Gasteiger partial charge in [-0.25, -0.2) is 10.4 Å². The molecule has 0 amide bonds. The van der Waals surface area contributed by atoms with E-state index < -0.39 is 0 Å². The van der Waals surface area contributed by atoms with Gasteiger partial charge >= 0.3 is 0 Å². The van der Waals surface area contributed by atoms with Gasteiger partial charge in [0.2, 0.25) is 0 Å². The summed E-state index contributed by atoms with van der Waals surface area (Å²) in [6, 6.07) is 8.58. The Balaban J connectivity index is 1.62. The third kappa shape index (κ3) is 3.60. The maximum atomic E-state index is 14.6. The third-order valence-electron chi connectivity index (χ3n) is 6.01. The molecule has 1 aromatic carbocycles. The maximum Gasteiger partial charge on any atom is 0.179 e. The number of nitrogens with zero attached hydrogens (tertiary/aromatic N) is 5. The van der Waals surface area contributed by atoms with E-state index in [-0.39, 0.29) is 29.9 Å².